The van der Waals surface area contributed by atoms with Crippen molar-refractivity contribution in [1.82, 2.24) is 5.43 Å². The van der Waals surface area contributed by atoms with E-state index in [4.69, 9.17) is 17.3 Å². The third-order valence-electron chi connectivity index (χ3n) is 4.43. The number of carbonyl (C=O) groups is 2. The molecule has 2 aromatic carbocycles. The van der Waals surface area contributed by atoms with Crippen LogP contribution in [0.4, 0.5) is 16.2 Å². The van der Waals surface area contributed by atoms with Gasteiger partial charge in [-0.05, 0) is 56.7 Å². The van der Waals surface area contributed by atoms with Crippen molar-refractivity contribution in [3.63, 3.8) is 0 Å². The molecule has 0 radical (unpaired) electrons. The molecule has 0 atom stereocenters. The third-order valence-corrected chi connectivity index (χ3v) is 4.66. The number of benzene rings is 2. The van der Waals surface area contributed by atoms with E-state index in [0.29, 0.717) is 22.1 Å². The van der Waals surface area contributed by atoms with Crippen LogP contribution in [0.5, 0.6) is 0 Å². The molecule has 26 heavy (non-hydrogen) atoms. The Morgan fingerprint density at radius 3 is 2.54 bits per heavy atom. The molecule has 0 unspecified atom stereocenters. The quantitative estimate of drug-likeness (QED) is 0.862. The van der Waals surface area contributed by atoms with Crippen molar-refractivity contribution >= 4 is 40.6 Å². The van der Waals surface area contributed by atoms with Crippen LogP contribution in [-0.2, 0) is 4.79 Å². The molecule has 0 aromatic heterocycles. The maximum absolute atomic E-state index is 12.2. The molecule has 1 heterocycles. The molecule has 3 rings (SSSR count). The predicted molar refractivity (Wildman–Crippen MR) is 103 cm³/mol. The maximum Gasteiger partial charge on any atom is 0.323 e. The highest BCUT2D eigenvalue weighted by Gasteiger charge is 2.39. The van der Waals surface area contributed by atoms with Gasteiger partial charge in [0, 0.05) is 10.6 Å². The number of nitrogens with zero attached hydrogens (tertiary/aromatic N) is 2. The molecule has 134 valence electrons. The zero-order chi connectivity index (χ0) is 19.1. The summed E-state index contributed by atoms with van der Waals surface area (Å²) in [5.74, 6) is -0.168. The van der Waals surface area contributed by atoms with Crippen LogP contribution in [0.1, 0.15) is 25.0 Å². The van der Waals surface area contributed by atoms with Crippen molar-refractivity contribution in [3.8, 4) is 0 Å². The number of halogens is 1. The number of anilines is 2. The Labute approximate surface area is 156 Å². The number of hydrogen-bond acceptors (Lipinski definition) is 3. The minimum Gasteiger partial charge on any atom is -0.351 e. The van der Waals surface area contributed by atoms with Gasteiger partial charge in [-0.3, -0.25) is 9.69 Å². The van der Waals surface area contributed by atoms with E-state index in [-0.39, 0.29) is 5.91 Å². The van der Waals surface area contributed by atoms with Crippen molar-refractivity contribution < 1.29 is 9.59 Å². The lowest BCUT2D eigenvalue weighted by atomic mass is 9.83. The molecule has 2 aromatic rings. The summed E-state index contributed by atoms with van der Waals surface area (Å²) in [6, 6.07) is 11.8. The molecule has 1 aliphatic rings. The zero-order valence-corrected chi connectivity index (χ0v) is 15.5. The number of nitrogens with one attached hydrogen (secondary N) is 1. The Kier molecular flexibility index (Phi) is 4.46. The molecule has 1 aliphatic heterocycles. The summed E-state index contributed by atoms with van der Waals surface area (Å²) in [6.45, 7) is 5.46. The van der Waals surface area contributed by atoms with E-state index < -0.39 is 11.4 Å². The second-order valence-electron chi connectivity index (χ2n) is 6.68. The molecular weight excluding hydrogens is 352 g/mol. The molecule has 3 amide bonds. The summed E-state index contributed by atoms with van der Waals surface area (Å²) in [6.07, 6.45) is 0. The molecule has 0 bridgehead atoms. The van der Waals surface area contributed by atoms with Gasteiger partial charge >= 0.3 is 6.03 Å². The van der Waals surface area contributed by atoms with E-state index in [0.717, 1.165) is 11.1 Å². The summed E-state index contributed by atoms with van der Waals surface area (Å²) < 4.78 is 0. The highest BCUT2D eigenvalue weighted by molar-refractivity contribution is 6.30. The Bertz CT molecular complexity index is 937. The fourth-order valence-electron chi connectivity index (χ4n) is 2.97. The monoisotopic (exact) mass is 370 g/mol. The number of amides is 3. The van der Waals surface area contributed by atoms with Gasteiger partial charge in [0.25, 0.3) is 5.91 Å². The molecule has 0 spiro atoms. The molecule has 0 saturated carbocycles. The molecule has 6 nitrogen and oxygen atoms in total. The summed E-state index contributed by atoms with van der Waals surface area (Å²) >= 11 is 6.01. The van der Waals surface area contributed by atoms with Crippen LogP contribution in [0, 0.1) is 12.3 Å². The lowest BCUT2D eigenvalue weighted by Crippen LogP contribution is -2.33. The van der Waals surface area contributed by atoms with Crippen molar-refractivity contribution in [2.24, 2.45) is 16.3 Å². The smallest absolute Gasteiger partial charge is 0.323 e. The van der Waals surface area contributed by atoms with Gasteiger partial charge in [0.2, 0.25) is 0 Å². The Balaban J connectivity index is 2.08. The second kappa shape index (κ2) is 6.46. The largest absolute Gasteiger partial charge is 0.351 e. The zero-order valence-electron chi connectivity index (χ0n) is 14.7. The second-order valence-corrected chi connectivity index (χ2v) is 7.12. The molecule has 0 saturated heterocycles. The summed E-state index contributed by atoms with van der Waals surface area (Å²) in [7, 11) is 0. The highest BCUT2D eigenvalue weighted by atomic mass is 35.5. The average Bonchev–Trinajstić information content (AvgIpc) is 2.83. The average molecular weight is 371 g/mol. The first-order chi connectivity index (χ1) is 12.2. The molecule has 3 N–H and O–H groups in total. The standard InChI is InChI=1S/C19H19ClN4O2/c1-11-9-13(20)7-8-15(11)24(18(21)26)14-6-4-5-12(10-14)16-19(2,3)17(25)23-22-16/h4-10H,1-3H3,(H2,21,26)(H,23,25). The molecule has 7 heteroatoms. The van der Waals surface area contributed by atoms with Gasteiger partial charge in [-0.25, -0.2) is 10.2 Å². The van der Waals surface area contributed by atoms with Crippen LogP contribution in [0.2, 0.25) is 5.02 Å². The van der Waals surface area contributed by atoms with Crippen molar-refractivity contribution in [2.45, 2.75) is 20.8 Å². The highest BCUT2D eigenvalue weighted by Crippen LogP contribution is 2.33. The van der Waals surface area contributed by atoms with Crippen LogP contribution in [0.25, 0.3) is 0 Å². The van der Waals surface area contributed by atoms with Gasteiger partial charge in [-0.1, -0.05) is 23.7 Å². The number of hydrogen-bond donors (Lipinski definition) is 2. The van der Waals surface area contributed by atoms with Crippen LogP contribution in [-0.4, -0.2) is 17.6 Å². The summed E-state index contributed by atoms with van der Waals surface area (Å²) in [5, 5.41) is 4.73. The third kappa shape index (κ3) is 3.04. The van der Waals surface area contributed by atoms with Crippen LogP contribution >= 0.6 is 11.6 Å². The lowest BCUT2D eigenvalue weighted by molar-refractivity contribution is -0.125. The number of urea groups is 1. The predicted octanol–water partition coefficient (Wildman–Crippen LogP) is 3.73. The van der Waals surface area contributed by atoms with Crippen molar-refractivity contribution in [3.05, 3.63) is 58.6 Å². The first kappa shape index (κ1) is 17.9. The lowest BCUT2D eigenvalue weighted by Gasteiger charge is -2.24. The van der Waals surface area contributed by atoms with E-state index in [9.17, 15) is 9.59 Å². The fourth-order valence-corrected chi connectivity index (χ4v) is 3.19. The summed E-state index contributed by atoms with van der Waals surface area (Å²) in [5.41, 5.74) is 10.8. The Morgan fingerprint density at radius 2 is 1.96 bits per heavy atom. The number of hydrazone groups is 1. The van der Waals surface area contributed by atoms with Gasteiger partial charge in [0.1, 0.15) is 0 Å². The van der Waals surface area contributed by atoms with Crippen molar-refractivity contribution in [2.75, 3.05) is 4.90 Å². The van der Waals surface area contributed by atoms with Crippen LogP contribution in [0.15, 0.2) is 47.6 Å². The van der Waals surface area contributed by atoms with E-state index in [2.05, 4.69) is 10.5 Å². The van der Waals surface area contributed by atoms with E-state index in [1.165, 1.54) is 4.90 Å². The van der Waals surface area contributed by atoms with E-state index >= 15 is 0 Å². The van der Waals surface area contributed by atoms with Gasteiger partial charge in [0.15, 0.2) is 0 Å². The Hall–Kier alpha value is -2.86. The van der Waals surface area contributed by atoms with Crippen LogP contribution < -0.4 is 16.1 Å². The summed E-state index contributed by atoms with van der Waals surface area (Å²) in [4.78, 5) is 25.6. The van der Waals surface area contributed by atoms with E-state index in [1.54, 1.807) is 50.2 Å². The number of rotatable bonds is 3. The number of carbonyl (C=O) groups excluding carboxylic acids is 2. The first-order valence-electron chi connectivity index (χ1n) is 8.06. The van der Waals surface area contributed by atoms with E-state index in [1.807, 2.05) is 13.0 Å². The fraction of sp³-hybridized carbons (Fsp3) is 0.211. The molecule has 0 aliphatic carbocycles. The van der Waals surface area contributed by atoms with Gasteiger partial charge in [-0.2, -0.15) is 5.10 Å². The Morgan fingerprint density at radius 1 is 1.23 bits per heavy atom. The first-order valence-corrected chi connectivity index (χ1v) is 8.44. The van der Waals surface area contributed by atoms with Crippen molar-refractivity contribution in [1.29, 1.82) is 0 Å². The minimum absolute atomic E-state index is 0.168. The SMILES string of the molecule is Cc1cc(Cl)ccc1N(C(N)=O)c1cccc(C2=NNC(=O)C2(C)C)c1. The maximum atomic E-state index is 12.2. The molecule has 0 fully saturated rings. The normalized spacial score (nSPS) is 15.4. The molecular formula is C19H19ClN4O2. The number of nitrogens with two attached hydrogens (primary N) is 1. The van der Waals surface area contributed by atoms with Gasteiger partial charge in [-0.15, -0.1) is 0 Å². The number of primary amides is 1. The topological polar surface area (TPSA) is 87.8 Å². The van der Waals surface area contributed by atoms with Gasteiger partial charge in [0.05, 0.1) is 22.5 Å². The number of aryl methyl sites for hydroxylation is 1. The van der Waals surface area contributed by atoms with Gasteiger partial charge < -0.3 is 5.73 Å². The van der Waals surface area contributed by atoms with Crippen LogP contribution in [0.3, 0.4) is 0 Å². The minimum atomic E-state index is -0.758.